The normalized spacial score (nSPS) is 14.6. The highest BCUT2D eigenvalue weighted by atomic mass is 127. The first kappa shape index (κ1) is 28.6. The van der Waals surface area contributed by atoms with Crippen LogP contribution in [0.2, 0.25) is 0 Å². The molecule has 0 saturated carbocycles. The molecular formula is C42H30IN2OP. The van der Waals surface area contributed by atoms with Crippen molar-refractivity contribution in [2.24, 2.45) is 0 Å². The van der Waals surface area contributed by atoms with Crippen molar-refractivity contribution in [2.75, 3.05) is 0 Å². The monoisotopic (exact) mass is 736 g/mol. The average Bonchev–Trinajstić information content (AvgIpc) is 3.56. The molecule has 7 aromatic rings. The lowest BCUT2D eigenvalue weighted by Gasteiger charge is -2.20. The number of nitrogens with zero attached hydrogens (tertiary/aromatic N) is 2. The second-order valence-electron chi connectivity index (χ2n) is 12.0. The summed E-state index contributed by atoms with van der Waals surface area (Å²) in [7, 11) is -2.99. The number of allylic oxidation sites excluding steroid dienone is 4. The first-order valence-electron chi connectivity index (χ1n) is 15.9. The molecule has 0 fully saturated rings. The van der Waals surface area contributed by atoms with E-state index in [0.717, 1.165) is 45.7 Å². The predicted octanol–water partition coefficient (Wildman–Crippen LogP) is 9.45. The molecule has 0 spiro atoms. The molecule has 0 bridgehead atoms. The summed E-state index contributed by atoms with van der Waals surface area (Å²) in [6.45, 7) is 0. The fourth-order valence-corrected chi connectivity index (χ4v) is 11.9. The Labute approximate surface area is 283 Å². The van der Waals surface area contributed by atoms with Crippen LogP contribution in [0.25, 0.3) is 42.6 Å². The van der Waals surface area contributed by atoms with Crippen molar-refractivity contribution in [1.29, 1.82) is 0 Å². The molecular weight excluding hydrogens is 706 g/mol. The zero-order chi connectivity index (χ0) is 31.4. The van der Waals surface area contributed by atoms with E-state index in [0.29, 0.717) is 0 Å². The van der Waals surface area contributed by atoms with E-state index in [-0.39, 0.29) is 20.7 Å². The second kappa shape index (κ2) is 11.6. The van der Waals surface area contributed by atoms with E-state index in [1.165, 1.54) is 42.1 Å². The van der Waals surface area contributed by atoms with Gasteiger partial charge in [-0.15, -0.1) is 0 Å². The van der Waals surface area contributed by atoms with Crippen LogP contribution in [0.4, 0.5) is 0 Å². The first-order chi connectivity index (χ1) is 23.2. The molecule has 0 amide bonds. The molecule has 2 aromatic heterocycles. The Kier molecular flexibility index (Phi) is 7.02. The number of pyridine rings is 1. The summed E-state index contributed by atoms with van der Waals surface area (Å²) in [6.07, 6.45) is 11.0. The lowest BCUT2D eigenvalue weighted by molar-refractivity contribution is 0.592. The Hall–Kier alpha value is -4.64. The molecule has 1 aliphatic carbocycles. The van der Waals surface area contributed by atoms with Crippen LogP contribution in [0.15, 0.2) is 146 Å². The molecule has 47 heavy (non-hydrogen) atoms. The van der Waals surface area contributed by atoms with E-state index in [2.05, 4.69) is 99.4 Å². The van der Waals surface area contributed by atoms with E-state index in [9.17, 15) is 4.57 Å². The van der Waals surface area contributed by atoms with Crippen LogP contribution >= 0.6 is 27.9 Å². The quantitative estimate of drug-likeness (QED) is 0.100. The predicted molar refractivity (Wildman–Crippen MR) is 209 cm³/mol. The van der Waals surface area contributed by atoms with Gasteiger partial charge in [0, 0.05) is 30.3 Å². The van der Waals surface area contributed by atoms with E-state index in [4.69, 9.17) is 4.98 Å². The zero-order valence-corrected chi connectivity index (χ0v) is 28.6. The average molecular weight is 737 g/mol. The topological polar surface area (TPSA) is 34.4 Å². The number of benzene rings is 5. The highest BCUT2D eigenvalue weighted by molar-refractivity contribution is 14.2. The SMILES string of the molecule is O=P(c1ccccc1)(c1ccccc1)c1ccc(C2=CC=C(c3ccc4c5ccccc5c5nc6c(n5c4c3)CCC=C6)I=C2)cc1. The summed E-state index contributed by atoms with van der Waals surface area (Å²) in [5.41, 5.74) is 8.35. The molecule has 0 atom stereocenters. The van der Waals surface area contributed by atoms with Gasteiger partial charge in [-0.2, -0.15) is 0 Å². The van der Waals surface area contributed by atoms with Crippen LogP contribution in [0, 0.1) is 0 Å². The second-order valence-corrected chi connectivity index (χ2v) is 17.2. The number of fused-ring (bicyclic) bond motifs is 8. The molecule has 9 rings (SSSR count). The largest absolute Gasteiger partial charge is 0.309 e. The summed E-state index contributed by atoms with van der Waals surface area (Å²) < 4.78 is 21.0. The molecule has 0 N–H and O–H groups in total. The molecule has 3 nitrogen and oxygen atoms in total. The lowest BCUT2D eigenvalue weighted by Crippen LogP contribution is -2.24. The minimum absolute atomic E-state index is 0.358. The fraction of sp³-hybridized carbons (Fsp3) is 0.0476. The first-order valence-corrected chi connectivity index (χ1v) is 20.0. The number of hydrogen-bond donors (Lipinski definition) is 0. The van der Waals surface area contributed by atoms with E-state index < -0.39 is 7.14 Å². The molecule has 2 aliphatic rings. The van der Waals surface area contributed by atoms with E-state index in [1.54, 1.807) is 0 Å². The Morgan fingerprint density at radius 1 is 0.660 bits per heavy atom. The van der Waals surface area contributed by atoms with Crippen molar-refractivity contribution in [3.8, 4) is 0 Å². The Bertz CT molecular complexity index is 2480. The van der Waals surface area contributed by atoms with Gasteiger partial charge in [-0.25, -0.2) is 4.98 Å². The maximum atomic E-state index is 14.8. The highest BCUT2D eigenvalue weighted by Gasteiger charge is 2.29. The third-order valence-corrected chi connectivity index (χ3v) is 15.0. The van der Waals surface area contributed by atoms with E-state index >= 15 is 0 Å². The zero-order valence-electron chi connectivity index (χ0n) is 25.6. The number of hydrogen-bond acceptors (Lipinski definition) is 2. The van der Waals surface area contributed by atoms with E-state index in [1.807, 2.05) is 60.7 Å². The Balaban J connectivity index is 1.09. The maximum absolute atomic E-state index is 14.8. The van der Waals surface area contributed by atoms with Crippen LogP contribution < -0.4 is 15.9 Å². The van der Waals surface area contributed by atoms with Crippen molar-refractivity contribution in [1.82, 2.24) is 9.38 Å². The third kappa shape index (κ3) is 4.73. The van der Waals surface area contributed by atoms with Gasteiger partial charge in [-0.3, -0.25) is 4.40 Å². The highest BCUT2D eigenvalue weighted by Crippen LogP contribution is 2.43. The summed E-state index contributed by atoms with van der Waals surface area (Å²) in [4.78, 5) is 5.11. The smallest absolute Gasteiger partial charge is 0.171 e. The molecule has 5 heteroatoms. The minimum atomic E-state index is -2.99. The maximum Gasteiger partial charge on any atom is 0.171 e. The van der Waals surface area contributed by atoms with Gasteiger partial charge in [-0.1, -0.05) is 154 Å². The van der Waals surface area contributed by atoms with Gasteiger partial charge in [0.05, 0.1) is 16.9 Å². The number of aromatic nitrogens is 2. The summed E-state index contributed by atoms with van der Waals surface area (Å²) in [5, 5.41) is 6.29. The molecule has 3 heterocycles. The van der Waals surface area contributed by atoms with Crippen LogP contribution in [-0.4, -0.2) is 13.4 Å². The fourth-order valence-electron chi connectivity index (χ4n) is 6.96. The summed E-state index contributed by atoms with van der Waals surface area (Å²) >= 11 is -0.358. The molecule has 226 valence electrons. The van der Waals surface area contributed by atoms with Crippen LogP contribution in [0.1, 0.15) is 28.9 Å². The van der Waals surface area contributed by atoms with Crippen molar-refractivity contribution in [3.63, 3.8) is 0 Å². The summed E-state index contributed by atoms with van der Waals surface area (Å²) in [6, 6.07) is 43.8. The number of imidazole rings is 1. The third-order valence-electron chi connectivity index (χ3n) is 9.30. The van der Waals surface area contributed by atoms with Crippen molar-refractivity contribution < 1.29 is 4.57 Å². The van der Waals surface area contributed by atoms with Gasteiger partial charge in [-0.05, 0) is 57.2 Å². The standard InChI is InChI=1S/C42H30IN2OP/c46-47(32-11-3-1-4-12-32,33-13-5-2-6-14-33)34-23-19-29(20-24-34)31-22-26-38(43-28-31)30-21-25-36-35-15-7-8-16-37(35)42-44-39-17-9-10-18-40(39)45(42)41(36)27-30/h1-9,11-17,19-28H,10,18H2. The Morgan fingerprint density at radius 3 is 2.02 bits per heavy atom. The van der Waals surface area contributed by atoms with Crippen molar-refractivity contribution >= 4 is 90.3 Å². The van der Waals surface area contributed by atoms with Crippen molar-refractivity contribution in [2.45, 2.75) is 12.8 Å². The van der Waals surface area contributed by atoms with Crippen LogP contribution in [0.5, 0.6) is 0 Å². The van der Waals surface area contributed by atoms with Gasteiger partial charge in [0.25, 0.3) is 0 Å². The van der Waals surface area contributed by atoms with Gasteiger partial charge in [0.15, 0.2) is 7.14 Å². The number of aryl methyl sites for hydroxylation is 1. The van der Waals surface area contributed by atoms with Crippen LogP contribution in [-0.2, 0) is 11.0 Å². The van der Waals surface area contributed by atoms with Gasteiger partial charge in [0.2, 0.25) is 0 Å². The van der Waals surface area contributed by atoms with Gasteiger partial charge >= 0.3 is 0 Å². The summed E-state index contributed by atoms with van der Waals surface area (Å²) in [5.74, 6) is 0. The molecule has 0 radical (unpaired) electrons. The lowest BCUT2D eigenvalue weighted by atomic mass is 10.0. The van der Waals surface area contributed by atoms with Gasteiger partial charge in [0.1, 0.15) is 5.65 Å². The number of rotatable bonds is 5. The Morgan fingerprint density at radius 2 is 1.32 bits per heavy atom. The molecule has 0 saturated heterocycles. The minimum Gasteiger partial charge on any atom is -0.309 e. The molecule has 0 unspecified atom stereocenters. The van der Waals surface area contributed by atoms with Crippen molar-refractivity contribution in [3.05, 3.63) is 168 Å². The molecule has 5 aromatic carbocycles. The number of halogens is 1. The molecule has 1 aliphatic heterocycles. The van der Waals surface area contributed by atoms with Crippen LogP contribution in [0.3, 0.4) is 0 Å². The van der Waals surface area contributed by atoms with Gasteiger partial charge < -0.3 is 4.57 Å².